The summed E-state index contributed by atoms with van der Waals surface area (Å²) in [5.74, 6) is -0.207. The van der Waals surface area contributed by atoms with Crippen molar-refractivity contribution < 1.29 is 18.0 Å². The zero-order valence-electron chi connectivity index (χ0n) is 28.3. The Morgan fingerprint density at radius 2 is 1.64 bits per heavy atom. The number of hydrogen-bond acceptors (Lipinski definition) is 6. The van der Waals surface area contributed by atoms with E-state index in [1.54, 1.807) is 83.2 Å². The maximum Gasteiger partial charge on any atom is 0.351 e. The maximum atomic E-state index is 13.8. The zero-order chi connectivity index (χ0) is 36.0. The van der Waals surface area contributed by atoms with Crippen LogP contribution in [0.1, 0.15) is 55.4 Å². The number of nitrogens with one attached hydrogen (secondary N) is 2. The number of carbonyl (C=O) groups is 2. The molecule has 0 fully saturated rings. The highest BCUT2D eigenvalue weighted by Gasteiger charge is 2.24. The molecule has 0 saturated carbocycles. The van der Waals surface area contributed by atoms with E-state index < -0.39 is 15.9 Å². The van der Waals surface area contributed by atoms with Gasteiger partial charge in [-0.3, -0.25) is 9.36 Å². The van der Waals surface area contributed by atoms with Gasteiger partial charge in [0.15, 0.2) is 0 Å². The molecule has 13 heteroatoms. The molecule has 2 N–H and O–H groups in total. The molecule has 4 aromatic carbocycles. The lowest BCUT2D eigenvalue weighted by Crippen LogP contribution is -2.36. The Morgan fingerprint density at radius 3 is 2.34 bits per heavy atom. The number of nitrogens with zero attached hydrogens (tertiary/aromatic N) is 4. The number of sulfonamides is 1. The molecule has 260 valence electrons. The second kappa shape index (κ2) is 15.6. The molecule has 0 spiro atoms. The van der Waals surface area contributed by atoms with Gasteiger partial charge in [0.25, 0.3) is 15.9 Å². The van der Waals surface area contributed by atoms with Crippen LogP contribution in [0.25, 0.3) is 16.8 Å². The van der Waals surface area contributed by atoms with E-state index in [1.807, 2.05) is 26.0 Å². The summed E-state index contributed by atoms with van der Waals surface area (Å²) in [5.41, 5.74) is 2.59. The minimum atomic E-state index is -4.26. The van der Waals surface area contributed by atoms with Crippen LogP contribution in [0.15, 0.2) is 107 Å². The van der Waals surface area contributed by atoms with Crippen LogP contribution < -0.4 is 15.7 Å². The Kier molecular flexibility index (Phi) is 11.2. The van der Waals surface area contributed by atoms with Gasteiger partial charge in [0.1, 0.15) is 5.82 Å². The molecular weight excluding hydrogens is 676 g/mol. The molecule has 0 aliphatic heterocycles. The molecule has 0 aliphatic rings. The number of carbonyl (C=O) groups excluding carboxylic acids is 2. The van der Waals surface area contributed by atoms with Crippen LogP contribution >= 0.6 is 11.6 Å². The van der Waals surface area contributed by atoms with Gasteiger partial charge in [0, 0.05) is 30.8 Å². The predicted octanol–water partition coefficient (Wildman–Crippen LogP) is 6.74. The summed E-state index contributed by atoms with van der Waals surface area (Å²) >= 11 is 6.11. The minimum Gasteiger partial charge on any atom is -0.325 e. The fourth-order valence-corrected chi connectivity index (χ4v) is 6.65. The van der Waals surface area contributed by atoms with Gasteiger partial charge in [0.2, 0.25) is 0 Å². The highest BCUT2D eigenvalue weighted by Crippen LogP contribution is 2.28. The first kappa shape index (κ1) is 36.1. The van der Waals surface area contributed by atoms with E-state index in [0.29, 0.717) is 34.7 Å². The predicted molar refractivity (Wildman–Crippen MR) is 195 cm³/mol. The van der Waals surface area contributed by atoms with Crippen molar-refractivity contribution in [2.45, 2.75) is 57.5 Å². The van der Waals surface area contributed by atoms with Crippen molar-refractivity contribution in [1.82, 2.24) is 24.0 Å². The number of aryl methyl sites for hydroxylation is 1. The average molecular weight is 715 g/mol. The Balaban J connectivity index is 1.41. The molecule has 50 heavy (non-hydrogen) atoms. The summed E-state index contributed by atoms with van der Waals surface area (Å²) < 4.78 is 31.9. The number of amides is 3. The van der Waals surface area contributed by atoms with Crippen molar-refractivity contribution in [2.24, 2.45) is 0 Å². The van der Waals surface area contributed by atoms with Crippen LogP contribution in [0.5, 0.6) is 0 Å². The van der Waals surface area contributed by atoms with Crippen LogP contribution in [0.2, 0.25) is 5.02 Å². The Bertz CT molecular complexity index is 2180. The third kappa shape index (κ3) is 8.15. The van der Waals surface area contributed by atoms with Gasteiger partial charge >= 0.3 is 11.7 Å². The molecule has 3 amide bonds. The third-order valence-corrected chi connectivity index (χ3v) is 9.98. The number of benzene rings is 4. The number of halogens is 1. The van der Waals surface area contributed by atoms with E-state index in [9.17, 15) is 22.8 Å². The van der Waals surface area contributed by atoms with E-state index in [-0.39, 0.29) is 39.8 Å². The summed E-state index contributed by atoms with van der Waals surface area (Å²) in [6, 6.07) is 26.6. The van der Waals surface area contributed by atoms with Gasteiger partial charge in [0.05, 0.1) is 27.7 Å². The molecule has 1 heterocycles. The van der Waals surface area contributed by atoms with E-state index in [4.69, 9.17) is 11.6 Å². The lowest BCUT2D eigenvalue weighted by molar-refractivity contribution is 0.0981. The fraction of sp³-hybridized carbons (Fsp3) is 0.243. The van der Waals surface area contributed by atoms with Crippen LogP contribution in [0, 0.1) is 0 Å². The van der Waals surface area contributed by atoms with Gasteiger partial charge in [-0.1, -0.05) is 85.6 Å². The first-order chi connectivity index (χ1) is 23.9. The van der Waals surface area contributed by atoms with E-state index in [0.717, 1.165) is 18.4 Å². The third-order valence-electron chi connectivity index (χ3n) is 8.26. The van der Waals surface area contributed by atoms with Crippen LogP contribution in [0.4, 0.5) is 10.5 Å². The Morgan fingerprint density at radius 1 is 0.940 bits per heavy atom. The highest BCUT2D eigenvalue weighted by atomic mass is 35.5. The number of rotatable bonds is 12. The quantitative estimate of drug-likeness (QED) is 0.147. The molecule has 0 radical (unpaired) electrons. The Hall–Kier alpha value is -5.20. The van der Waals surface area contributed by atoms with Crippen molar-refractivity contribution in [3.05, 3.63) is 130 Å². The molecule has 1 aromatic heterocycles. The van der Waals surface area contributed by atoms with Crippen molar-refractivity contribution in [1.29, 1.82) is 0 Å². The van der Waals surface area contributed by atoms with E-state index in [1.165, 1.54) is 22.9 Å². The second-order valence-corrected chi connectivity index (χ2v) is 14.2. The van der Waals surface area contributed by atoms with Gasteiger partial charge in [-0.05, 0) is 67.8 Å². The highest BCUT2D eigenvalue weighted by molar-refractivity contribution is 7.90. The number of unbranched alkanes of at least 4 members (excludes halogenated alkanes) is 1. The number of urea groups is 1. The van der Waals surface area contributed by atoms with Crippen molar-refractivity contribution >= 4 is 39.2 Å². The van der Waals surface area contributed by atoms with Crippen molar-refractivity contribution in [3.63, 3.8) is 0 Å². The van der Waals surface area contributed by atoms with Gasteiger partial charge in [-0.2, -0.15) is 4.68 Å². The number of aromatic nitrogens is 3. The number of hydrogen-bond donors (Lipinski definition) is 2. The van der Waals surface area contributed by atoms with E-state index >= 15 is 0 Å². The molecule has 5 aromatic rings. The fourth-order valence-electron chi connectivity index (χ4n) is 5.23. The molecule has 5 rings (SSSR count). The smallest absolute Gasteiger partial charge is 0.325 e. The second-order valence-electron chi connectivity index (χ2n) is 12.1. The molecule has 0 atom stereocenters. The van der Waals surface area contributed by atoms with Gasteiger partial charge in [-0.15, -0.1) is 5.10 Å². The summed E-state index contributed by atoms with van der Waals surface area (Å²) in [6.07, 6.45) is 2.35. The largest absolute Gasteiger partial charge is 0.351 e. The first-order valence-electron chi connectivity index (χ1n) is 16.2. The monoisotopic (exact) mass is 714 g/mol. The molecular formula is C37H39ClN6O5S. The molecule has 11 nitrogen and oxygen atoms in total. The van der Waals surface area contributed by atoms with E-state index in [2.05, 4.69) is 22.1 Å². The topological polar surface area (TPSA) is 135 Å². The van der Waals surface area contributed by atoms with Gasteiger partial charge in [-0.25, -0.2) is 22.7 Å². The summed E-state index contributed by atoms with van der Waals surface area (Å²) in [6.45, 7) is 6.14. The summed E-state index contributed by atoms with van der Waals surface area (Å²) in [4.78, 5) is 40.7. The number of anilines is 1. The summed E-state index contributed by atoms with van der Waals surface area (Å²) in [7, 11) is -2.55. The Labute approximate surface area is 296 Å². The normalized spacial score (nSPS) is 11.4. The van der Waals surface area contributed by atoms with Crippen LogP contribution in [-0.2, 0) is 23.0 Å². The molecule has 0 unspecified atom stereocenters. The molecule has 0 aliphatic carbocycles. The van der Waals surface area contributed by atoms with Crippen LogP contribution in [0.3, 0.4) is 0 Å². The molecule has 0 saturated heterocycles. The van der Waals surface area contributed by atoms with Gasteiger partial charge < -0.3 is 10.2 Å². The lowest BCUT2D eigenvalue weighted by atomic mass is 10.0. The van der Waals surface area contributed by atoms with Crippen molar-refractivity contribution in [2.75, 3.05) is 12.4 Å². The van der Waals surface area contributed by atoms with Crippen LogP contribution in [-0.4, -0.2) is 52.7 Å². The maximum absolute atomic E-state index is 13.8. The minimum absolute atomic E-state index is 0.0159. The lowest BCUT2D eigenvalue weighted by Gasteiger charge is -2.21. The SMILES string of the molecule is CCCCc1nn(-c2cccc(NC(=O)N(C)C(C)C)c2)c(=O)n1Cc1ccc(-c2ccccc2S(=O)(=O)NC(=O)c2ccccc2Cl)cc1. The van der Waals surface area contributed by atoms with Crippen molar-refractivity contribution in [3.8, 4) is 16.8 Å². The zero-order valence-corrected chi connectivity index (χ0v) is 29.8. The first-order valence-corrected chi connectivity index (χ1v) is 18.1. The summed E-state index contributed by atoms with van der Waals surface area (Å²) in [5, 5.41) is 7.70. The average Bonchev–Trinajstić information content (AvgIpc) is 3.41. The standard InChI is InChI=1S/C37H39ClN6O5S/c1-5-6-18-34-40-44(29-13-11-12-28(23-29)39-36(46)42(4)25(2)3)37(47)43(34)24-26-19-21-27(22-20-26)30-14-8-10-17-33(30)50(48,49)41-35(45)31-15-7-9-16-32(31)38/h7-17,19-23,25H,5-6,18,24H2,1-4H3,(H,39,46)(H,41,45). The molecule has 0 bridgehead atoms.